The van der Waals surface area contributed by atoms with Crippen molar-refractivity contribution in [3.8, 4) is 11.5 Å². The largest absolute Gasteiger partial charge is 0.486 e. The van der Waals surface area contributed by atoms with Crippen LogP contribution in [0.2, 0.25) is 5.02 Å². The predicted octanol–water partition coefficient (Wildman–Crippen LogP) is 1.95. The SMILES string of the molecule is CN(CC1CC(O)C1)C(=O)c1cc(Cl)c2c(c1)OCCO2. The number of benzene rings is 1. The van der Waals surface area contributed by atoms with Gasteiger partial charge in [0.15, 0.2) is 11.5 Å². The molecule has 21 heavy (non-hydrogen) atoms. The zero-order chi connectivity index (χ0) is 15.0. The van der Waals surface area contributed by atoms with Crippen LogP contribution in [0.5, 0.6) is 11.5 Å². The van der Waals surface area contributed by atoms with Gasteiger partial charge in [-0.05, 0) is 30.9 Å². The Labute approximate surface area is 128 Å². The number of nitrogens with zero attached hydrogens (tertiary/aromatic N) is 1. The van der Waals surface area contributed by atoms with Crippen LogP contribution >= 0.6 is 11.6 Å². The molecule has 0 bridgehead atoms. The third-order valence-corrected chi connectivity index (χ3v) is 4.21. The zero-order valence-electron chi connectivity index (χ0n) is 11.8. The highest BCUT2D eigenvalue weighted by atomic mass is 35.5. The summed E-state index contributed by atoms with van der Waals surface area (Å²) in [6.07, 6.45) is 1.32. The van der Waals surface area contributed by atoms with E-state index in [1.54, 1.807) is 24.1 Å². The molecule has 0 aromatic heterocycles. The Hall–Kier alpha value is -1.46. The molecule has 0 spiro atoms. The van der Waals surface area contributed by atoms with E-state index in [0.29, 0.717) is 47.8 Å². The van der Waals surface area contributed by atoms with Gasteiger partial charge in [0.25, 0.3) is 5.91 Å². The molecule has 1 amide bonds. The molecule has 6 heteroatoms. The van der Waals surface area contributed by atoms with Crippen molar-refractivity contribution in [3.63, 3.8) is 0 Å². The number of hydrogen-bond donors (Lipinski definition) is 1. The van der Waals surface area contributed by atoms with Crippen LogP contribution in [0, 0.1) is 5.92 Å². The highest BCUT2D eigenvalue weighted by molar-refractivity contribution is 6.32. The van der Waals surface area contributed by atoms with E-state index in [-0.39, 0.29) is 12.0 Å². The predicted molar refractivity (Wildman–Crippen MR) is 78.1 cm³/mol. The summed E-state index contributed by atoms with van der Waals surface area (Å²) in [4.78, 5) is 14.1. The lowest BCUT2D eigenvalue weighted by molar-refractivity contribution is 0.0265. The van der Waals surface area contributed by atoms with E-state index in [9.17, 15) is 9.90 Å². The Morgan fingerprint density at radius 2 is 2.10 bits per heavy atom. The van der Waals surface area contributed by atoms with Gasteiger partial charge in [0.05, 0.1) is 11.1 Å². The summed E-state index contributed by atoms with van der Waals surface area (Å²) < 4.78 is 10.9. The molecule has 5 nitrogen and oxygen atoms in total. The number of aliphatic hydroxyl groups is 1. The van der Waals surface area contributed by atoms with Gasteiger partial charge in [-0.25, -0.2) is 0 Å². The summed E-state index contributed by atoms with van der Waals surface area (Å²) in [5, 5.41) is 9.70. The summed E-state index contributed by atoms with van der Waals surface area (Å²) in [5.41, 5.74) is 0.492. The number of rotatable bonds is 3. The average molecular weight is 312 g/mol. The third-order valence-electron chi connectivity index (χ3n) is 3.93. The van der Waals surface area contributed by atoms with E-state index in [4.69, 9.17) is 21.1 Å². The standard InChI is InChI=1S/C15H18ClNO4/c1-17(8-9-4-11(18)5-9)15(19)10-6-12(16)14-13(7-10)20-2-3-21-14/h6-7,9,11,18H,2-5,8H2,1H3. The number of hydrogen-bond acceptors (Lipinski definition) is 4. The first kappa shape index (κ1) is 14.5. The average Bonchev–Trinajstić information content (AvgIpc) is 2.44. The van der Waals surface area contributed by atoms with Gasteiger partial charge in [0, 0.05) is 19.2 Å². The van der Waals surface area contributed by atoms with Crippen molar-refractivity contribution >= 4 is 17.5 Å². The highest BCUT2D eigenvalue weighted by Crippen LogP contribution is 2.38. The Bertz CT molecular complexity index is 557. The highest BCUT2D eigenvalue weighted by Gasteiger charge is 2.29. The molecule has 0 unspecified atom stereocenters. The fourth-order valence-corrected chi connectivity index (χ4v) is 3.04. The third kappa shape index (κ3) is 2.94. The number of carbonyl (C=O) groups excluding carboxylic acids is 1. The molecule has 1 aliphatic carbocycles. The molecule has 0 saturated heterocycles. The fourth-order valence-electron chi connectivity index (χ4n) is 2.77. The molecule has 3 rings (SSSR count). The summed E-state index contributed by atoms with van der Waals surface area (Å²) in [5.74, 6) is 1.30. The molecule has 0 atom stereocenters. The Morgan fingerprint density at radius 3 is 2.81 bits per heavy atom. The zero-order valence-corrected chi connectivity index (χ0v) is 12.6. The topological polar surface area (TPSA) is 59.0 Å². The number of fused-ring (bicyclic) bond motifs is 1. The first-order valence-electron chi connectivity index (χ1n) is 7.07. The first-order valence-corrected chi connectivity index (χ1v) is 7.45. The van der Waals surface area contributed by atoms with Gasteiger partial charge < -0.3 is 19.5 Å². The molecule has 1 N–H and O–H groups in total. The number of aliphatic hydroxyl groups excluding tert-OH is 1. The van der Waals surface area contributed by atoms with Crippen LogP contribution < -0.4 is 9.47 Å². The van der Waals surface area contributed by atoms with Crippen LogP contribution in [0.3, 0.4) is 0 Å². The molecule has 1 saturated carbocycles. The van der Waals surface area contributed by atoms with Gasteiger partial charge in [-0.1, -0.05) is 11.6 Å². The molecule has 114 valence electrons. The second kappa shape index (κ2) is 5.73. The summed E-state index contributed by atoms with van der Waals surface area (Å²) in [7, 11) is 1.76. The minimum absolute atomic E-state index is 0.102. The lowest BCUT2D eigenvalue weighted by Gasteiger charge is -2.34. The van der Waals surface area contributed by atoms with E-state index < -0.39 is 0 Å². The van der Waals surface area contributed by atoms with Gasteiger partial charge >= 0.3 is 0 Å². The molecule has 0 radical (unpaired) electrons. The van der Waals surface area contributed by atoms with Gasteiger partial charge in [0.2, 0.25) is 0 Å². The Kier molecular flexibility index (Phi) is 3.95. The number of carbonyl (C=O) groups is 1. The second-order valence-corrected chi connectivity index (χ2v) is 6.07. The fraction of sp³-hybridized carbons (Fsp3) is 0.533. The maximum atomic E-state index is 12.4. The van der Waals surface area contributed by atoms with Gasteiger partial charge in [-0.15, -0.1) is 0 Å². The molecule has 1 aromatic carbocycles. The molecule has 1 fully saturated rings. The quantitative estimate of drug-likeness (QED) is 0.927. The minimum atomic E-state index is -0.206. The summed E-state index contributed by atoms with van der Waals surface area (Å²) in [6, 6.07) is 3.29. The first-order chi connectivity index (χ1) is 10.0. The maximum Gasteiger partial charge on any atom is 0.253 e. The number of ether oxygens (including phenoxy) is 2. The molecule has 1 aliphatic heterocycles. The van der Waals surface area contributed by atoms with Crippen molar-refractivity contribution in [2.24, 2.45) is 5.92 Å². The van der Waals surface area contributed by atoms with Gasteiger partial charge in [-0.2, -0.15) is 0 Å². The van der Waals surface area contributed by atoms with Gasteiger partial charge in [0.1, 0.15) is 13.2 Å². The maximum absolute atomic E-state index is 12.4. The molecular weight excluding hydrogens is 294 g/mol. The smallest absolute Gasteiger partial charge is 0.253 e. The van der Waals surface area contributed by atoms with Crippen molar-refractivity contribution in [2.75, 3.05) is 26.8 Å². The monoisotopic (exact) mass is 311 g/mol. The van der Waals surface area contributed by atoms with Crippen molar-refractivity contribution in [3.05, 3.63) is 22.7 Å². The molecule has 1 aromatic rings. The Balaban J connectivity index is 1.73. The van der Waals surface area contributed by atoms with Crippen molar-refractivity contribution < 1.29 is 19.4 Å². The van der Waals surface area contributed by atoms with Crippen LogP contribution in [-0.4, -0.2) is 48.8 Å². The second-order valence-electron chi connectivity index (χ2n) is 5.66. The van der Waals surface area contributed by atoms with Crippen molar-refractivity contribution in [1.82, 2.24) is 4.90 Å². The van der Waals surface area contributed by atoms with Crippen LogP contribution in [-0.2, 0) is 0 Å². The molecule has 1 heterocycles. The summed E-state index contributed by atoms with van der Waals surface area (Å²) in [6.45, 7) is 1.56. The van der Waals surface area contributed by atoms with E-state index in [1.165, 1.54) is 0 Å². The van der Waals surface area contributed by atoms with Gasteiger partial charge in [-0.3, -0.25) is 4.79 Å². The normalized spacial score (nSPS) is 23.4. The van der Waals surface area contributed by atoms with E-state index in [1.807, 2.05) is 0 Å². The van der Waals surface area contributed by atoms with Crippen molar-refractivity contribution in [2.45, 2.75) is 18.9 Å². The Morgan fingerprint density at radius 1 is 1.38 bits per heavy atom. The lowest BCUT2D eigenvalue weighted by atomic mass is 9.82. The van der Waals surface area contributed by atoms with Crippen LogP contribution in [0.1, 0.15) is 23.2 Å². The van der Waals surface area contributed by atoms with E-state index >= 15 is 0 Å². The van der Waals surface area contributed by atoms with E-state index in [0.717, 1.165) is 12.8 Å². The lowest BCUT2D eigenvalue weighted by Crippen LogP contribution is -2.39. The van der Waals surface area contributed by atoms with E-state index in [2.05, 4.69) is 0 Å². The van der Waals surface area contributed by atoms with Crippen LogP contribution in [0.4, 0.5) is 0 Å². The number of amides is 1. The number of halogens is 1. The van der Waals surface area contributed by atoms with Crippen molar-refractivity contribution in [1.29, 1.82) is 0 Å². The molecule has 2 aliphatic rings. The molecular formula is C15H18ClNO4. The summed E-state index contributed by atoms with van der Waals surface area (Å²) >= 11 is 6.15. The van der Waals surface area contributed by atoms with Crippen LogP contribution in [0.25, 0.3) is 0 Å². The minimum Gasteiger partial charge on any atom is -0.486 e. The van der Waals surface area contributed by atoms with Crippen LogP contribution in [0.15, 0.2) is 12.1 Å².